The summed E-state index contributed by atoms with van der Waals surface area (Å²) >= 11 is 3.29. The highest BCUT2D eigenvalue weighted by Crippen LogP contribution is 2.31. The second kappa shape index (κ2) is 6.26. The van der Waals surface area contributed by atoms with Crippen LogP contribution in [-0.2, 0) is 4.74 Å². The monoisotopic (exact) mass is 349 g/mol. The topological polar surface area (TPSA) is 48.4 Å². The van der Waals surface area contributed by atoms with Crippen LogP contribution in [0.15, 0.2) is 28.9 Å². The number of methoxy groups -OCH3 is 1. The number of esters is 1. The minimum Gasteiger partial charge on any atom is -0.465 e. The van der Waals surface area contributed by atoms with Gasteiger partial charge in [0.05, 0.1) is 7.11 Å². The molecule has 0 aliphatic carbocycles. The maximum Gasteiger partial charge on any atom is 0.343 e. The summed E-state index contributed by atoms with van der Waals surface area (Å²) in [7, 11) is 1.33. The molecule has 1 heterocycles. The molecule has 0 bridgehead atoms. The van der Waals surface area contributed by atoms with Gasteiger partial charge in [0.25, 0.3) is 0 Å². The lowest BCUT2D eigenvalue weighted by molar-refractivity contribution is 0.0597. The third-order valence-corrected chi connectivity index (χ3v) is 3.46. The second-order valence-electron chi connectivity index (χ2n) is 4.83. The van der Waals surface area contributed by atoms with E-state index in [1.165, 1.54) is 7.11 Å². The number of aryl methyl sites for hydroxylation is 3. The molecule has 0 aliphatic heterocycles. The molecule has 0 atom stereocenters. The number of aromatic nitrogens is 1. The Hall–Kier alpha value is -1.88. The molecular weight excluding hydrogens is 334 g/mol. The summed E-state index contributed by atoms with van der Waals surface area (Å²) in [6, 6.07) is 5.69. The van der Waals surface area contributed by atoms with E-state index in [-0.39, 0.29) is 11.4 Å². The van der Waals surface area contributed by atoms with E-state index >= 15 is 0 Å². The Morgan fingerprint density at radius 1 is 1.14 bits per heavy atom. The Kier molecular flexibility index (Phi) is 4.63. The van der Waals surface area contributed by atoms with Crippen LogP contribution in [-0.4, -0.2) is 18.1 Å². The molecule has 0 amide bonds. The second-order valence-corrected chi connectivity index (χ2v) is 5.74. The van der Waals surface area contributed by atoms with Gasteiger partial charge in [0, 0.05) is 10.7 Å². The molecule has 4 nitrogen and oxygen atoms in total. The van der Waals surface area contributed by atoms with Crippen molar-refractivity contribution >= 4 is 21.9 Å². The summed E-state index contributed by atoms with van der Waals surface area (Å²) in [5, 5.41) is 0. The first kappa shape index (κ1) is 15.5. The first-order valence-corrected chi connectivity index (χ1v) is 7.21. The summed E-state index contributed by atoms with van der Waals surface area (Å²) in [5.41, 5.74) is 3.43. The number of carbonyl (C=O) groups is 1. The molecule has 0 unspecified atom stereocenters. The molecule has 0 saturated heterocycles. The SMILES string of the molecule is COC(=O)c1cc(Br)cnc1Oc1c(C)cc(C)cc1C. The zero-order valence-electron chi connectivity index (χ0n) is 12.4. The lowest BCUT2D eigenvalue weighted by atomic mass is 10.1. The minimum atomic E-state index is -0.485. The number of halogens is 1. The van der Waals surface area contributed by atoms with Gasteiger partial charge in [-0.25, -0.2) is 9.78 Å². The zero-order valence-corrected chi connectivity index (χ0v) is 13.9. The van der Waals surface area contributed by atoms with Gasteiger partial charge >= 0.3 is 5.97 Å². The predicted octanol–water partition coefficient (Wildman–Crippen LogP) is 4.35. The highest BCUT2D eigenvalue weighted by atomic mass is 79.9. The van der Waals surface area contributed by atoms with E-state index in [1.54, 1.807) is 12.3 Å². The fraction of sp³-hybridized carbons (Fsp3) is 0.250. The van der Waals surface area contributed by atoms with Crippen LogP contribution in [0.4, 0.5) is 0 Å². The molecule has 0 N–H and O–H groups in total. The van der Waals surface area contributed by atoms with Gasteiger partial charge in [-0.05, 0) is 53.9 Å². The van der Waals surface area contributed by atoms with Crippen LogP contribution < -0.4 is 4.74 Å². The van der Waals surface area contributed by atoms with Crippen LogP contribution in [0, 0.1) is 20.8 Å². The maximum atomic E-state index is 11.8. The van der Waals surface area contributed by atoms with Gasteiger partial charge < -0.3 is 9.47 Å². The van der Waals surface area contributed by atoms with Crippen molar-refractivity contribution in [3.05, 3.63) is 51.1 Å². The van der Waals surface area contributed by atoms with E-state index in [9.17, 15) is 4.79 Å². The third-order valence-electron chi connectivity index (χ3n) is 3.03. The fourth-order valence-electron chi connectivity index (χ4n) is 2.19. The molecule has 2 aromatic rings. The van der Waals surface area contributed by atoms with Crippen molar-refractivity contribution in [2.24, 2.45) is 0 Å². The van der Waals surface area contributed by atoms with Crippen LogP contribution in [0.1, 0.15) is 27.0 Å². The van der Waals surface area contributed by atoms with Crippen LogP contribution in [0.25, 0.3) is 0 Å². The normalized spacial score (nSPS) is 10.3. The standard InChI is InChI=1S/C16H16BrNO3/c1-9-5-10(2)14(11(3)6-9)21-15-13(16(19)20-4)7-12(17)8-18-15/h5-8H,1-4H3. The van der Waals surface area contributed by atoms with Crippen LogP contribution in [0.2, 0.25) is 0 Å². The summed E-state index contributed by atoms with van der Waals surface area (Å²) in [4.78, 5) is 16.0. The Balaban J connectivity index is 2.47. The number of ether oxygens (including phenoxy) is 2. The van der Waals surface area contributed by atoms with Crippen molar-refractivity contribution in [3.63, 3.8) is 0 Å². The molecule has 0 radical (unpaired) electrons. The van der Waals surface area contributed by atoms with Crippen LogP contribution >= 0.6 is 15.9 Å². The quantitative estimate of drug-likeness (QED) is 0.773. The highest BCUT2D eigenvalue weighted by Gasteiger charge is 2.17. The smallest absolute Gasteiger partial charge is 0.343 e. The van der Waals surface area contributed by atoms with E-state index in [1.807, 2.05) is 32.9 Å². The number of hydrogen-bond donors (Lipinski definition) is 0. The highest BCUT2D eigenvalue weighted by molar-refractivity contribution is 9.10. The lowest BCUT2D eigenvalue weighted by Gasteiger charge is -2.14. The van der Waals surface area contributed by atoms with Crippen molar-refractivity contribution in [2.45, 2.75) is 20.8 Å². The maximum absolute atomic E-state index is 11.8. The number of pyridine rings is 1. The van der Waals surface area contributed by atoms with Gasteiger partial charge in [-0.3, -0.25) is 0 Å². The molecule has 0 aliphatic rings. The lowest BCUT2D eigenvalue weighted by Crippen LogP contribution is -2.06. The van der Waals surface area contributed by atoms with Crippen LogP contribution in [0.5, 0.6) is 11.6 Å². The first-order chi connectivity index (χ1) is 9.92. The van der Waals surface area contributed by atoms with Gasteiger partial charge in [-0.1, -0.05) is 17.7 Å². The molecule has 110 valence electrons. The summed E-state index contributed by atoms with van der Waals surface area (Å²) < 4.78 is 11.3. The average Bonchev–Trinajstić information content (AvgIpc) is 2.43. The van der Waals surface area contributed by atoms with Gasteiger partial charge in [0.2, 0.25) is 5.88 Å². The molecular formula is C16H16BrNO3. The molecule has 21 heavy (non-hydrogen) atoms. The van der Waals surface area contributed by atoms with Gasteiger partial charge in [-0.15, -0.1) is 0 Å². The third kappa shape index (κ3) is 3.42. The van der Waals surface area contributed by atoms with E-state index in [2.05, 4.69) is 20.9 Å². The van der Waals surface area contributed by atoms with E-state index < -0.39 is 5.97 Å². The number of carbonyl (C=O) groups excluding carboxylic acids is 1. The molecule has 0 saturated carbocycles. The Bertz CT molecular complexity index is 675. The summed E-state index contributed by atoms with van der Waals surface area (Å²) in [6.45, 7) is 5.96. The molecule has 1 aromatic heterocycles. The summed E-state index contributed by atoms with van der Waals surface area (Å²) in [6.07, 6.45) is 1.58. The van der Waals surface area contributed by atoms with Gasteiger partial charge in [0.1, 0.15) is 11.3 Å². The minimum absolute atomic E-state index is 0.236. The Morgan fingerprint density at radius 2 is 1.76 bits per heavy atom. The molecule has 5 heteroatoms. The van der Waals surface area contributed by atoms with Crippen LogP contribution in [0.3, 0.4) is 0 Å². The van der Waals surface area contributed by atoms with Crippen molar-refractivity contribution < 1.29 is 14.3 Å². The van der Waals surface area contributed by atoms with Gasteiger partial charge in [0.15, 0.2) is 0 Å². The Morgan fingerprint density at radius 3 is 2.33 bits per heavy atom. The number of nitrogens with zero attached hydrogens (tertiary/aromatic N) is 1. The van der Waals surface area contributed by atoms with Crippen molar-refractivity contribution in [3.8, 4) is 11.6 Å². The largest absolute Gasteiger partial charge is 0.465 e. The average molecular weight is 350 g/mol. The Labute approximate surface area is 132 Å². The van der Waals surface area contributed by atoms with Crippen molar-refractivity contribution in [1.29, 1.82) is 0 Å². The van der Waals surface area contributed by atoms with Crippen molar-refractivity contribution in [1.82, 2.24) is 4.98 Å². The fourth-order valence-corrected chi connectivity index (χ4v) is 2.52. The number of hydrogen-bond acceptors (Lipinski definition) is 4. The van der Waals surface area contributed by atoms with E-state index in [0.29, 0.717) is 10.2 Å². The molecule has 0 fully saturated rings. The summed E-state index contributed by atoms with van der Waals surface area (Å²) in [5.74, 6) is 0.460. The number of rotatable bonds is 3. The van der Waals surface area contributed by atoms with Gasteiger partial charge in [-0.2, -0.15) is 0 Å². The van der Waals surface area contributed by atoms with Crippen molar-refractivity contribution in [2.75, 3.05) is 7.11 Å². The van der Waals surface area contributed by atoms with E-state index in [4.69, 9.17) is 9.47 Å². The zero-order chi connectivity index (χ0) is 15.6. The molecule has 0 spiro atoms. The predicted molar refractivity (Wildman–Crippen MR) is 84.0 cm³/mol. The van der Waals surface area contributed by atoms with E-state index in [0.717, 1.165) is 16.7 Å². The number of benzene rings is 1. The molecule has 2 rings (SSSR count). The molecule has 1 aromatic carbocycles. The first-order valence-electron chi connectivity index (χ1n) is 6.42.